The van der Waals surface area contributed by atoms with Crippen molar-refractivity contribution >= 4 is 5.91 Å². The number of nitrogens with zero attached hydrogens (tertiary/aromatic N) is 2. The van der Waals surface area contributed by atoms with E-state index in [1.165, 1.54) is 5.56 Å². The van der Waals surface area contributed by atoms with Crippen LogP contribution >= 0.6 is 0 Å². The number of carbonyl (C=O) groups is 1. The summed E-state index contributed by atoms with van der Waals surface area (Å²) in [6, 6.07) is 20.5. The van der Waals surface area contributed by atoms with E-state index in [2.05, 4.69) is 39.1 Å². The second-order valence-electron chi connectivity index (χ2n) is 7.26. The third-order valence-corrected chi connectivity index (χ3v) is 5.60. The number of hydrogen-bond acceptors (Lipinski definition) is 2. The highest BCUT2D eigenvalue weighted by atomic mass is 16.2. The lowest BCUT2D eigenvalue weighted by Gasteiger charge is -2.40. The Morgan fingerprint density at radius 1 is 1.04 bits per heavy atom. The Bertz CT molecular complexity index is 882. The van der Waals surface area contributed by atoms with Gasteiger partial charge in [-0.1, -0.05) is 67.1 Å². The smallest absolute Gasteiger partial charge is 0.230 e. The number of aromatic nitrogens is 2. The molecule has 1 N–H and O–H groups in total. The van der Waals surface area contributed by atoms with Gasteiger partial charge >= 0.3 is 0 Å². The quantitative estimate of drug-likeness (QED) is 0.699. The fraction of sp³-hybridized carbons (Fsp3) is 0.304. The molecule has 1 aliphatic rings. The monoisotopic (exact) mass is 359 g/mol. The number of nitrogens with one attached hydrogen (secondary N) is 1. The Labute approximate surface area is 160 Å². The molecule has 1 aromatic heterocycles. The Balaban J connectivity index is 1.36. The van der Waals surface area contributed by atoms with Crippen molar-refractivity contribution in [1.82, 2.24) is 14.9 Å². The first-order valence-electron chi connectivity index (χ1n) is 9.66. The summed E-state index contributed by atoms with van der Waals surface area (Å²) < 4.78 is 2.15. The standard InChI is InChI=1S/C23H25N3O/c27-22(23(13-7-14-23)20-10-5-2-6-11-20)25-15-12-21-24-16-17-26(21)18-19-8-3-1-4-9-19/h1-6,8-11,16-17H,7,12-15,18H2,(H,25,27). The van der Waals surface area contributed by atoms with Crippen molar-refractivity contribution < 1.29 is 4.79 Å². The van der Waals surface area contributed by atoms with Gasteiger partial charge in [0.25, 0.3) is 0 Å². The minimum atomic E-state index is -0.333. The number of imidazole rings is 1. The van der Waals surface area contributed by atoms with Crippen LogP contribution in [0, 0.1) is 0 Å². The molecule has 0 aliphatic heterocycles. The molecule has 2 aromatic carbocycles. The summed E-state index contributed by atoms with van der Waals surface area (Å²) in [7, 11) is 0. The molecule has 4 heteroatoms. The van der Waals surface area contributed by atoms with E-state index in [1.807, 2.05) is 48.8 Å². The van der Waals surface area contributed by atoms with Crippen LogP contribution in [-0.2, 0) is 23.2 Å². The highest BCUT2D eigenvalue weighted by molar-refractivity contribution is 5.89. The molecule has 3 aromatic rings. The van der Waals surface area contributed by atoms with Gasteiger partial charge in [-0.15, -0.1) is 0 Å². The van der Waals surface area contributed by atoms with Crippen molar-refractivity contribution in [3.8, 4) is 0 Å². The molecule has 138 valence electrons. The maximum absolute atomic E-state index is 12.9. The number of benzene rings is 2. The van der Waals surface area contributed by atoms with E-state index in [0.717, 1.165) is 43.6 Å². The summed E-state index contributed by atoms with van der Waals surface area (Å²) in [6.45, 7) is 1.41. The van der Waals surface area contributed by atoms with E-state index in [0.29, 0.717) is 6.54 Å². The molecule has 4 nitrogen and oxygen atoms in total. The van der Waals surface area contributed by atoms with Crippen molar-refractivity contribution in [2.24, 2.45) is 0 Å². The first kappa shape index (κ1) is 17.5. The van der Waals surface area contributed by atoms with Crippen LogP contribution in [0.4, 0.5) is 0 Å². The van der Waals surface area contributed by atoms with Crippen LogP contribution in [0.25, 0.3) is 0 Å². The second kappa shape index (κ2) is 7.78. The zero-order valence-corrected chi connectivity index (χ0v) is 15.5. The zero-order chi connectivity index (χ0) is 18.5. The molecule has 1 aliphatic carbocycles. The normalized spacial score (nSPS) is 15.1. The molecule has 0 atom stereocenters. The third kappa shape index (κ3) is 3.65. The SMILES string of the molecule is O=C(NCCc1nccn1Cc1ccccc1)C1(c2ccccc2)CCC1. The summed E-state index contributed by atoms with van der Waals surface area (Å²) in [5.74, 6) is 1.16. The lowest BCUT2D eigenvalue weighted by molar-refractivity contribution is -0.129. The van der Waals surface area contributed by atoms with Crippen molar-refractivity contribution in [3.63, 3.8) is 0 Å². The minimum Gasteiger partial charge on any atom is -0.355 e. The molecule has 1 amide bonds. The molecule has 27 heavy (non-hydrogen) atoms. The van der Waals surface area contributed by atoms with Crippen LogP contribution in [0.3, 0.4) is 0 Å². The van der Waals surface area contributed by atoms with Gasteiger partial charge in [-0.05, 0) is 24.0 Å². The summed E-state index contributed by atoms with van der Waals surface area (Å²) in [5.41, 5.74) is 2.05. The Morgan fingerprint density at radius 3 is 2.41 bits per heavy atom. The molecule has 0 saturated heterocycles. The average Bonchev–Trinajstić information content (AvgIpc) is 3.10. The number of rotatable bonds is 7. The van der Waals surface area contributed by atoms with Crippen LogP contribution in [0.1, 0.15) is 36.2 Å². The highest BCUT2D eigenvalue weighted by Gasteiger charge is 2.45. The van der Waals surface area contributed by atoms with Gasteiger partial charge in [-0.3, -0.25) is 4.79 Å². The van der Waals surface area contributed by atoms with Crippen LogP contribution in [0.15, 0.2) is 73.1 Å². The van der Waals surface area contributed by atoms with Crippen molar-refractivity contribution in [3.05, 3.63) is 90.0 Å². The van der Waals surface area contributed by atoms with E-state index >= 15 is 0 Å². The van der Waals surface area contributed by atoms with Gasteiger partial charge in [-0.2, -0.15) is 0 Å². The predicted octanol–water partition coefficient (Wildman–Crippen LogP) is 3.71. The molecule has 0 spiro atoms. The topological polar surface area (TPSA) is 46.9 Å². The van der Waals surface area contributed by atoms with Crippen molar-refractivity contribution in [2.45, 2.75) is 37.6 Å². The lowest BCUT2D eigenvalue weighted by Crippen LogP contribution is -2.49. The van der Waals surface area contributed by atoms with Gasteiger partial charge in [0.2, 0.25) is 5.91 Å². The highest BCUT2D eigenvalue weighted by Crippen LogP contribution is 2.43. The molecule has 0 bridgehead atoms. The van der Waals surface area contributed by atoms with Gasteiger partial charge in [0.05, 0.1) is 5.41 Å². The molecule has 4 rings (SSSR count). The molecule has 1 fully saturated rings. The summed E-state index contributed by atoms with van der Waals surface area (Å²) in [5, 5.41) is 3.16. The van der Waals surface area contributed by atoms with Gasteiger partial charge in [0.15, 0.2) is 0 Å². The first-order chi connectivity index (χ1) is 13.3. The number of carbonyl (C=O) groups excluding carboxylic acids is 1. The summed E-state index contributed by atoms with van der Waals surface area (Å²) >= 11 is 0. The fourth-order valence-corrected chi connectivity index (χ4v) is 3.88. The Hall–Kier alpha value is -2.88. The fourth-order valence-electron chi connectivity index (χ4n) is 3.88. The van der Waals surface area contributed by atoms with Crippen LogP contribution in [0.2, 0.25) is 0 Å². The van der Waals surface area contributed by atoms with E-state index in [4.69, 9.17) is 0 Å². The van der Waals surface area contributed by atoms with Crippen LogP contribution in [0.5, 0.6) is 0 Å². The number of amides is 1. The van der Waals surface area contributed by atoms with Gasteiger partial charge < -0.3 is 9.88 Å². The van der Waals surface area contributed by atoms with Gasteiger partial charge in [0.1, 0.15) is 5.82 Å². The van der Waals surface area contributed by atoms with Gasteiger partial charge in [-0.25, -0.2) is 4.98 Å². The summed E-state index contributed by atoms with van der Waals surface area (Å²) in [4.78, 5) is 17.4. The number of hydrogen-bond donors (Lipinski definition) is 1. The van der Waals surface area contributed by atoms with E-state index in [1.54, 1.807) is 0 Å². The largest absolute Gasteiger partial charge is 0.355 e. The minimum absolute atomic E-state index is 0.154. The maximum atomic E-state index is 12.9. The maximum Gasteiger partial charge on any atom is 0.230 e. The molecular weight excluding hydrogens is 334 g/mol. The molecule has 1 saturated carbocycles. The average molecular weight is 359 g/mol. The Kier molecular flexibility index (Phi) is 5.05. The Morgan fingerprint density at radius 2 is 1.74 bits per heavy atom. The van der Waals surface area contributed by atoms with Crippen molar-refractivity contribution in [1.29, 1.82) is 0 Å². The van der Waals surface area contributed by atoms with Crippen LogP contribution in [-0.4, -0.2) is 22.0 Å². The van der Waals surface area contributed by atoms with Crippen molar-refractivity contribution in [2.75, 3.05) is 6.54 Å². The summed E-state index contributed by atoms with van der Waals surface area (Å²) in [6.07, 6.45) is 7.55. The lowest BCUT2D eigenvalue weighted by atomic mass is 9.64. The zero-order valence-electron chi connectivity index (χ0n) is 15.5. The van der Waals surface area contributed by atoms with E-state index in [-0.39, 0.29) is 11.3 Å². The first-order valence-corrected chi connectivity index (χ1v) is 9.66. The predicted molar refractivity (Wildman–Crippen MR) is 106 cm³/mol. The molecule has 0 unspecified atom stereocenters. The molecule has 0 radical (unpaired) electrons. The van der Waals surface area contributed by atoms with E-state index in [9.17, 15) is 4.79 Å². The third-order valence-electron chi connectivity index (χ3n) is 5.60. The van der Waals surface area contributed by atoms with Gasteiger partial charge in [0, 0.05) is 31.9 Å². The molecular formula is C23H25N3O. The van der Waals surface area contributed by atoms with E-state index < -0.39 is 0 Å². The molecule has 1 heterocycles. The van der Waals surface area contributed by atoms with Crippen LogP contribution < -0.4 is 5.32 Å². The second-order valence-corrected chi connectivity index (χ2v) is 7.26.